The Kier molecular flexibility index (Phi) is 7.95. The summed E-state index contributed by atoms with van der Waals surface area (Å²) in [6.07, 6.45) is -0.543. The number of aliphatic hydroxyl groups excluding tert-OH is 1. The number of ether oxygens (including phenoxy) is 1. The van der Waals surface area contributed by atoms with E-state index in [0.717, 1.165) is 17.7 Å². The number of likely N-dealkylation sites (N-methyl/N-ethyl adjacent to an activating group) is 1. The van der Waals surface area contributed by atoms with Crippen molar-refractivity contribution in [3.63, 3.8) is 0 Å². The molecule has 0 heterocycles. The molecule has 3 N–H and O–H groups in total. The van der Waals surface area contributed by atoms with Crippen molar-refractivity contribution in [1.29, 1.82) is 0 Å². The highest BCUT2D eigenvalue weighted by atomic mass is 16.5. The normalized spacial score (nSPS) is 13.0. The minimum Gasteiger partial charge on any atom is -0.445 e. The molecular weight excluding hydrogens is 316 g/mol. The van der Waals surface area contributed by atoms with Crippen LogP contribution in [-0.2, 0) is 17.8 Å². The molecule has 0 unspecified atom stereocenters. The second kappa shape index (κ2) is 10.5. The predicted octanol–water partition coefficient (Wildman–Crippen LogP) is 2.49. The van der Waals surface area contributed by atoms with Gasteiger partial charge in [0.2, 0.25) is 0 Å². The Bertz CT molecular complexity index is 619. The van der Waals surface area contributed by atoms with Crippen LogP contribution in [0.15, 0.2) is 60.7 Å². The lowest BCUT2D eigenvalue weighted by Crippen LogP contribution is -2.47. The molecule has 2 rings (SSSR count). The molecule has 2 aromatic rings. The summed E-state index contributed by atoms with van der Waals surface area (Å²) in [5, 5.41) is 16.3. The summed E-state index contributed by atoms with van der Waals surface area (Å²) in [6, 6.07) is 19.3. The highest BCUT2D eigenvalue weighted by Gasteiger charge is 2.19. The van der Waals surface area contributed by atoms with Gasteiger partial charge in [-0.15, -0.1) is 0 Å². The fourth-order valence-corrected chi connectivity index (χ4v) is 2.58. The first-order valence-corrected chi connectivity index (χ1v) is 8.59. The molecular formula is C20H26N2O3. The molecule has 0 spiro atoms. The van der Waals surface area contributed by atoms with Gasteiger partial charge in [0.25, 0.3) is 0 Å². The zero-order valence-electron chi connectivity index (χ0n) is 14.5. The molecule has 2 atom stereocenters. The number of benzene rings is 2. The number of hydrogen-bond acceptors (Lipinski definition) is 4. The molecule has 2 aromatic carbocycles. The van der Waals surface area contributed by atoms with E-state index in [9.17, 15) is 9.90 Å². The van der Waals surface area contributed by atoms with Crippen molar-refractivity contribution in [2.45, 2.75) is 32.1 Å². The Hall–Kier alpha value is -2.37. The van der Waals surface area contributed by atoms with Gasteiger partial charge in [-0.3, -0.25) is 0 Å². The highest BCUT2D eigenvalue weighted by molar-refractivity contribution is 5.67. The van der Waals surface area contributed by atoms with Gasteiger partial charge in [-0.2, -0.15) is 0 Å². The SMILES string of the molecule is CCN[C@@H](Cc1ccccc1)[C@H](O)CNC(=O)OCc1ccccc1. The van der Waals surface area contributed by atoms with Gasteiger partial charge in [0.15, 0.2) is 0 Å². The summed E-state index contributed by atoms with van der Waals surface area (Å²) in [5.41, 5.74) is 2.06. The average Bonchev–Trinajstić information content (AvgIpc) is 2.66. The molecule has 1 amide bonds. The maximum Gasteiger partial charge on any atom is 0.407 e. The summed E-state index contributed by atoms with van der Waals surface area (Å²) in [7, 11) is 0. The van der Waals surface area contributed by atoms with Gasteiger partial charge in [0.05, 0.1) is 6.10 Å². The first-order chi connectivity index (χ1) is 12.2. The highest BCUT2D eigenvalue weighted by Crippen LogP contribution is 2.06. The minimum absolute atomic E-state index is 0.137. The first kappa shape index (κ1) is 19.0. The quantitative estimate of drug-likeness (QED) is 0.655. The molecule has 0 bridgehead atoms. The van der Waals surface area contributed by atoms with Gasteiger partial charge in [-0.05, 0) is 24.1 Å². The second-order valence-corrected chi connectivity index (χ2v) is 5.86. The van der Waals surface area contributed by atoms with Crippen LogP contribution in [0, 0.1) is 0 Å². The van der Waals surface area contributed by atoms with Crippen molar-refractivity contribution >= 4 is 6.09 Å². The van der Waals surface area contributed by atoms with E-state index >= 15 is 0 Å². The molecule has 25 heavy (non-hydrogen) atoms. The van der Waals surface area contributed by atoms with Crippen LogP contribution in [0.4, 0.5) is 4.79 Å². The van der Waals surface area contributed by atoms with Crippen LogP contribution < -0.4 is 10.6 Å². The lowest BCUT2D eigenvalue weighted by Gasteiger charge is -2.24. The molecule has 0 fully saturated rings. The topological polar surface area (TPSA) is 70.6 Å². The number of carbonyl (C=O) groups is 1. The average molecular weight is 342 g/mol. The summed E-state index contributed by atoms with van der Waals surface area (Å²) in [6.45, 7) is 3.08. The van der Waals surface area contributed by atoms with Crippen molar-refractivity contribution in [3.8, 4) is 0 Å². The first-order valence-electron chi connectivity index (χ1n) is 8.59. The summed E-state index contributed by atoms with van der Waals surface area (Å²) in [4.78, 5) is 11.8. The number of carbonyl (C=O) groups excluding carboxylic acids is 1. The zero-order valence-corrected chi connectivity index (χ0v) is 14.5. The number of aliphatic hydroxyl groups is 1. The number of amides is 1. The van der Waals surface area contributed by atoms with Crippen LogP contribution in [-0.4, -0.2) is 36.4 Å². The molecule has 0 aliphatic heterocycles. The van der Waals surface area contributed by atoms with Crippen molar-refractivity contribution in [2.24, 2.45) is 0 Å². The number of rotatable bonds is 9. The van der Waals surface area contributed by atoms with Crippen molar-refractivity contribution < 1.29 is 14.6 Å². The Morgan fingerprint density at radius 2 is 1.64 bits per heavy atom. The van der Waals surface area contributed by atoms with Crippen molar-refractivity contribution in [3.05, 3.63) is 71.8 Å². The van der Waals surface area contributed by atoms with Gasteiger partial charge < -0.3 is 20.5 Å². The van der Waals surface area contributed by atoms with Gasteiger partial charge in [-0.25, -0.2) is 4.79 Å². The fraction of sp³-hybridized carbons (Fsp3) is 0.350. The molecule has 0 aromatic heterocycles. The monoisotopic (exact) mass is 342 g/mol. The maximum atomic E-state index is 11.8. The van der Waals surface area contributed by atoms with E-state index in [1.807, 2.05) is 67.6 Å². The molecule has 0 radical (unpaired) electrons. The molecule has 134 valence electrons. The van der Waals surface area contributed by atoms with E-state index in [0.29, 0.717) is 6.42 Å². The van der Waals surface area contributed by atoms with Gasteiger partial charge in [0, 0.05) is 12.6 Å². The molecule has 0 saturated heterocycles. The smallest absolute Gasteiger partial charge is 0.407 e. The molecule has 0 aliphatic carbocycles. The Balaban J connectivity index is 1.77. The van der Waals surface area contributed by atoms with Crippen LogP contribution in [0.5, 0.6) is 0 Å². The largest absolute Gasteiger partial charge is 0.445 e. The van der Waals surface area contributed by atoms with E-state index < -0.39 is 12.2 Å². The summed E-state index contributed by atoms with van der Waals surface area (Å²) < 4.78 is 5.15. The third kappa shape index (κ3) is 6.95. The Morgan fingerprint density at radius 3 is 2.24 bits per heavy atom. The van der Waals surface area contributed by atoms with E-state index in [4.69, 9.17) is 4.74 Å². The second-order valence-electron chi connectivity index (χ2n) is 5.86. The molecule has 5 nitrogen and oxygen atoms in total. The Labute approximate surface area is 149 Å². The summed E-state index contributed by atoms with van der Waals surface area (Å²) >= 11 is 0. The minimum atomic E-state index is -0.704. The Morgan fingerprint density at radius 1 is 1.04 bits per heavy atom. The molecule has 5 heteroatoms. The third-order valence-corrected chi connectivity index (χ3v) is 3.90. The number of nitrogens with one attached hydrogen (secondary N) is 2. The van der Waals surface area contributed by atoms with E-state index in [1.54, 1.807) is 0 Å². The lowest BCUT2D eigenvalue weighted by molar-refractivity contribution is 0.108. The van der Waals surface area contributed by atoms with Crippen molar-refractivity contribution in [2.75, 3.05) is 13.1 Å². The van der Waals surface area contributed by atoms with Gasteiger partial charge in [-0.1, -0.05) is 67.6 Å². The van der Waals surface area contributed by atoms with Crippen LogP contribution in [0.2, 0.25) is 0 Å². The van der Waals surface area contributed by atoms with Gasteiger partial charge in [0.1, 0.15) is 6.61 Å². The van der Waals surface area contributed by atoms with E-state index in [-0.39, 0.29) is 19.2 Å². The lowest BCUT2D eigenvalue weighted by atomic mass is 10.0. The van der Waals surface area contributed by atoms with E-state index in [2.05, 4.69) is 10.6 Å². The predicted molar refractivity (Wildman–Crippen MR) is 98.2 cm³/mol. The standard InChI is InChI=1S/C20H26N2O3/c1-2-21-18(13-16-9-5-3-6-10-16)19(23)14-22-20(24)25-15-17-11-7-4-8-12-17/h3-12,18-19,21,23H,2,13-15H2,1H3,(H,22,24)/t18-,19+/m0/s1. The van der Waals surface area contributed by atoms with Crippen LogP contribution in [0.25, 0.3) is 0 Å². The van der Waals surface area contributed by atoms with E-state index in [1.165, 1.54) is 0 Å². The van der Waals surface area contributed by atoms with Crippen molar-refractivity contribution in [1.82, 2.24) is 10.6 Å². The number of hydrogen-bond donors (Lipinski definition) is 3. The maximum absolute atomic E-state index is 11.8. The molecule has 0 aliphatic rings. The van der Waals surface area contributed by atoms with Gasteiger partial charge >= 0.3 is 6.09 Å². The third-order valence-electron chi connectivity index (χ3n) is 3.90. The van der Waals surface area contributed by atoms with Crippen LogP contribution in [0.1, 0.15) is 18.1 Å². The van der Waals surface area contributed by atoms with Crippen LogP contribution in [0.3, 0.4) is 0 Å². The number of alkyl carbamates (subject to hydrolysis) is 1. The molecule has 0 saturated carbocycles. The van der Waals surface area contributed by atoms with Crippen LogP contribution >= 0.6 is 0 Å². The summed E-state index contributed by atoms with van der Waals surface area (Å²) in [5.74, 6) is 0. The fourth-order valence-electron chi connectivity index (χ4n) is 2.58. The zero-order chi connectivity index (χ0) is 17.9.